The third kappa shape index (κ3) is 5.75. The summed E-state index contributed by atoms with van der Waals surface area (Å²) in [5.74, 6) is -1.75. The van der Waals surface area contributed by atoms with Crippen molar-refractivity contribution >= 4 is 74.9 Å². The zero-order valence-electron chi connectivity index (χ0n) is 20.9. The van der Waals surface area contributed by atoms with Gasteiger partial charge in [0.25, 0.3) is 30.4 Å². The molecule has 4 rings (SSSR count). The van der Waals surface area contributed by atoms with Gasteiger partial charge in [0.05, 0.1) is 16.0 Å². The average molecular weight is 625 g/mol. The number of azo groups is 1. The molecule has 18 heteroatoms. The van der Waals surface area contributed by atoms with E-state index < -0.39 is 68.1 Å². The minimum atomic E-state index is -5.22. The molecule has 4 aromatic rings. The highest BCUT2D eigenvalue weighted by molar-refractivity contribution is 7.86. The molecule has 0 heterocycles. The van der Waals surface area contributed by atoms with Crippen LogP contribution in [-0.2, 0) is 35.1 Å². The van der Waals surface area contributed by atoms with E-state index in [9.17, 15) is 48.8 Å². The number of hydrogen-bond acceptors (Lipinski definition) is 11. The van der Waals surface area contributed by atoms with E-state index >= 15 is 0 Å². The number of carbonyl (C=O) groups excluding carboxylic acids is 1. The first-order valence-electron chi connectivity index (χ1n) is 11.1. The number of phenols is 1. The molecule has 0 atom stereocenters. The Balaban J connectivity index is 2.12. The van der Waals surface area contributed by atoms with Crippen LogP contribution in [0.4, 0.5) is 17.1 Å². The molecule has 41 heavy (non-hydrogen) atoms. The fourth-order valence-electron chi connectivity index (χ4n) is 4.19. The van der Waals surface area contributed by atoms with Crippen LogP contribution in [0.25, 0.3) is 21.5 Å². The number of anilines is 1. The largest absolute Gasteiger partial charge is 0.505 e. The Morgan fingerprint density at radius 3 is 2.05 bits per heavy atom. The lowest BCUT2D eigenvalue weighted by Crippen LogP contribution is -2.39. The maximum absolute atomic E-state index is 12.3. The van der Waals surface area contributed by atoms with Gasteiger partial charge >= 0.3 is 0 Å². The van der Waals surface area contributed by atoms with Crippen molar-refractivity contribution in [3.63, 3.8) is 0 Å². The molecule has 0 aromatic heterocycles. The number of aromatic hydroxyl groups is 1. The highest BCUT2D eigenvalue weighted by atomic mass is 32.2. The van der Waals surface area contributed by atoms with Gasteiger partial charge in [-0.05, 0) is 35.0 Å². The lowest BCUT2D eigenvalue weighted by atomic mass is 10.1. The van der Waals surface area contributed by atoms with E-state index in [1.54, 1.807) is 12.1 Å². The van der Waals surface area contributed by atoms with Crippen LogP contribution >= 0.6 is 0 Å². The summed E-state index contributed by atoms with van der Waals surface area (Å²) in [5.41, 5.74) is 0.704. The van der Waals surface area contributed by atoms with Gasteiger partial charge in [-0.2, -0.15) is 25.3 Å². The predicted molar refractivity (Wildman–Crippen MR) is 145 cm³/mol. The Hall–Kier alpha value is -4.04. The van der Waals surface area contributed by atoms with Crippen LogP contribution in [0.2, 0.25) is 0 Å². The Labute approximate surface area is 233 Å². The van der Waals surface area contributed by atoms with E-state index in [1.165, 1.54) is 25.2 Å². The van der Waals surface area contributed by atoms with Crippen LogP contribution in [0, 0.1) is 0 Å². The number of carbonyl (C=O) groups is 1. The molecular formula is C23H20N4O11S3. The van der Waals surface area contributed by atoms with Crippen molar-refractivity contribution in [3.8, 4) is 5.75 Å². The molecule has 15 nitrogen and oxygen atoms in total. The van der Waals surface area contributed by atoms with Gasteiger partial charge in [0.15, 0.2) is 5.75 Å². The highest BCUT2D eigenvalue weighted by Crippen LogP contribution is 2.46. The fraction of sp³-hybridized carbons (Fsp3) is 0.0870. The SMILES string of the molecule is CNN(C(C)=O)c1cc(S(=O)(=O)O)cc2cc(S(=O)(=O)O)c(N=Nc3ccc4ccccc4c3S(=O)(=O)O)c(O)c12. The van der Waals surface area contributed by atoms with Gasteiger partial charge in [0.1, 0.15) is 21.2 Å². The van der Waals surface area contributed by atoms with Crippen molar-refractivity contribution in [2.24, 2.45) is 10.2 Å². The number of benzene rings is 4. The van der Waals surface area contributed by atoms with Gasteiger partial charge < -0.3 is 5.11 Å². The van der Waals surface area contributed by atoms with E-state index in [1.807, 2.05) is 0 Å². The molecular weight excluding hydrogens is 604 g/mol. The minimum absolute atomic E-state index is 0.0512. The standard InChI is InChI=1S/C23H20N4O11S3/c1-12(28)27(24-2)18-11-15(39(30,31)32)9-14-10-19(40(33,34)35)21(22(29)20(14)18)26-25-17-8-7-13-5-3-4-6-16(13)23(17)41(36,37)38/h3-11,24,29H,1-2H3,(H,30,31,32)(H,33,34,35)(H,36,37,38). The van der Waals surface area contributed by atoms with Crippen molar-refractivity contribution in [1.29, 1.82) is 0 Å². The summed E-state index contributed by atoms with van der Waals surface area (Å²) < 4.78 is 102. The van der Waals surface area contributed by atoms with Crippen molar-refractivity contribution in [3.05, 3.63) is 54.6 Å². The van der Waals surface area contributed by atoms with Gasteiger partial charge in [0.2, 0.25) is 5.91 Å². The molecule has 0 unspecified atom stereocenters. The van der Waals surface area contributed by atoms with Crippen LogP contribution in [-0.4, -0.2) is 57.0 Å². The van der Waals surface area contributed by atoms with Crippen LogP contribution in [0.5, 0.6) is 5.75 Å². The number of nitrogens with zero attached hydrogens (tertiary/aromatic N) is 3. The molecule has 216 valence electrons. The molecule has 0 bridgehead atoms. The highest BCUT2D eigenvalue weighted by Gasteiger charge is 2.28. The molecule has 4 aromatic carbocycles. The smallest absolute Gasteiger partial charge is 0.297 e. The number of fused-ring (bicyclic) bond motifs is 2. The monoisotopic (exact) mass is 624 g/mol. The quantitative estimate of drug-likeness (QED) is 0.113. The van der Waals surface area contributed by atoms with Crippen molar-refractivity contribution in [1.82, 2.24) is 5.43 Å². The lowest BCUT2D eigenvalue weighted by molar-refractivity contribution is -0.117. The molecule has 0 spiro atoms. The van der Waals surface area contributed by atoms with Crippen molar-refractivity contribution in [2.75, 3.05) is 12.1 Å². The van der Waals surface area contributed by atoms with E-state index in [0.29, 0.717) is 11.5 Å². The summed E-state index contributed by atoms with van der Waals surface area (Å²) in [6.07, 6.45) is 0. The minimum Gasteiger partial charge on any atom is -0.505 e. The number of phenolic OH excluding ortho intramolecular Hbond substituents is 1. The first-order chi connectivity index (χ1) is 18.9. The number of amides is 1. The third-order valence-electron chi connectivity index (χ3n) is 5.83. The summed E-state index contributed by atoms with van der Waals surface area (Å²) in [4.78, 5) is 9.71. The number of hydrogen-bond donors (Lipinski definition) is 5. The van der Waals surface area contributed by atoms with E-state index in [-0.39, 0.29) is 21.8 Å². The summed E-state index contributed by atoms with van der Waals surface area (Å²) in [6, 6.07) is 10.9. The summed E-state index contributed by atoms with van der Waals surface area (Å²) >= 11 is 0. The molecule has 0 radical (unpaired) electrons. The summed E-state index contributed by atoms with van der Waals surface area (Å²) in [7, 11) is -13.8. The Morgan fingerprint density at radius 2 is 1.49 bits per heavy atom. The molecule has 0 aliphatic rings. The molecule has 0 fully saturated rings. The molecule has 0 saturated carbocycles. The second-order valence-electron chi connectivity index (χ2n) is 8.45. The molecule has 0 aliphatic heterocycles. The molecule has 1 amide bonds. The number of hydrazine groups is 1. The Morgan fingerprint density at radius 1 is 0.829 bits per heavy atom. The van der Waals surface area contributed by atoms with Crippen molar-refractivity contribution in [2.45, 2.75) is 21.6 Å². The normalized spacial score (nSPS) is 12.8. The lowest BCUT2D eigenvalue weighted by Gasteiger charge is -2.23. The zero-order valence-corrected chi connectivity index (χ0v) is 23.4. The molecule has 0 aliphatic carbocycles. The zero-order chi connectivity index (χ0) is 30.5. The van der Waals surface area contributed by atoms with E-state index in [0.717, 1.165) is 30.1 Å². The average Bonchev–Trinajstić information content (AvgIpc) is 2.85. The Bertz CT molecular complexity index is 2110. The second kappa shape index (κ2) is 10.4. The van der Waals surface area contributed by atoms with Crippen LogP contribution in [0.3, 0.4) is 0 Å². The number of nitrogens with one attached hydrogen (secondary N) is 1. The van der Waals surface area contributed by atoms with E-state index in [2.05, 4.69) is 15.7 Å². The maximum Gasteiger partial charge on any atom is 0.297 e. The second-order valence-corrected chi connectivity index (χ2v) is 12.6. The fourth-order valence-corrected chi connectivity index (χ4v) is 6.22. The van der Waals surface area contributed by atoms with Crippen LogP contribution in [0.1, 0.15) is 6.92 Å². The number of rotatable bonds is 7. The van der Waals surface area contributed by atoms with Gasteiger partial charge in [-0.3, -0.25) is 18.5 Å². The summed E-state index contributed by atoms with van der Waals surface area (Å²) in [5, 5.41) is 19.1. The van der Waals surface area contributed by atoms with Crippen LogP contribution < -0.4 is 10.4 Å². The molecule has 5 N–H and O–H groups in total. The predicted octanol–water partition coefficient (Wildman–Crippen LogP) is 3.34. The van der Waals surface area contributed by atoms with Gasteiger partial charge in [0, 0.05) is 19.4 Å². The van der Waals surface area contributed by atoms with E-state index in [4.69, 9.17) is 0 Å². The van der Waals surface area contributed by atoms with Gasteiger partial charge in [-0.25, -0.2) is 10.4 Å². The van der Waals surface area contributed by atoms with Crippen LogP contribution in [0.15, 0.2) is 79.5 Å². The maximum atomic E-state index is 12.3. The third-order valence-corrected chi connectivity index (χ3v) is 8.48. The Kier molecular flexibility index (Phi) is 7.60. The molecule has 0 saturated heterocycles. The van der Waals surface area contributed by atoms with Gasteiger partial charge in [-0.15, -0.1) is 10.2 Å². The topological polar surface area (TPSA) is 240 Å². The van der Waals surface area contributed by atoms with Gasteiger partial charge in [-0.1, -0.05) is 30.3 Å². The summed E-state index contributed by atoms with van der Waals surface area (Å²) in [6.45, 7) is 1.07. The first kappa shape index (κ1) is 29.9. The van der Waals surface area contributed by atoms with Crippen molar-refractivity contribution < 1.29 is 48.8 Å². The first-order valence-corrected chi connectivity index (χ1v) is 15.4.